The van der Waals surface area contributed by atoms with Crippen LogP contribution < -0.4 is 0 Å². The molecule has 1 radical (unpaired) electrons. The molecule has 0 unspecified atom stereocenters. The van der Waals surface area contributed by atoms with E-state index in [0.717, 1.165) is 0 Å². The molecule has 2 N–H and O–H groups in total. The standard InChI is InChI=1S/Fe.H2O.Pr.Sr.2H/h;1H2;;;;. The van der Waals surface area contributed by atoms with Gasteiger partial charge in [-0.3, -0.25) is 0 Å². The Morgan fingerprint density at radius 1 is 1.00 bits per heavy atom. The van der Waals surface area contributed by atoms with Gasteiger partial charge in [0.25, 0.3) is 0 Å². The molecule has 23 valence electrons. The van der Waals surface area contributed by atoms with Crippen LogP contribution in [0.1, 0.15) is 0 Å². The second-order valence-corrected chi connectivity index (χ2v) is 0. The van der Waals surface area contributed by atoms with Crippen molar-refractivity contribution in [3.8, 4) is 0 Å². The van der Waals surface area contributed by atoms with Crippen molar-refractivity contribution in [2.45, 2.75) is 0 Å². The molecule has 0 aliphatic carbocycles. The summed E-state index contributed by atoms with van der Waals surface area (Å²) in [6.45, 7) is 0. The van der Waals surface area contributed by atoms with Crippen LogP contribution in [0.15, 0.2) is 0 Å². The van der Waals surface area contributed by atoms with Crippen molar-refractivity contribution < 1.29 is 63.8 Å². The van der Waals surface area contributed by atoms with E-state index >= 15 is 0 Å². The molecule has 1 nitrogen and oxygen atoms in total. The van der Waals surface area contributed by atoms with Gasteiger partial charge in [-0.1, -0.05) is 0 Å². The van der Waals surface area contributed by atoms with E-state index in [0.29, 0.717) is 0 Å². The molecule has 0 spiro atoms. The molecule has 0 aliphatic rings. The Morgan fingerprint density at radius 3 is 1.00 bits per heavy atom. The molecule has 0 fully saturated rings. The molecule has 0 saturated carbocycles. The van der Waals surface area contributed by atoms with Crippen molar-refractivity contribution in [1.82, 2.24) is 0 Å². The van der Waals surface area contributed by atoms with Crippen molar-refractivity contribution in [3.05, 3.63) is 0 Å². The molecule has 0 amide bonds. The normalized spacial score (nSPS) is 0. The minimum atomic E-state index is 0. The summed E-state index contributed by atoms with van der Waals surface area (Å²) in [6.07, 6.45) is 0. The number of hydrogen-bond acceptors (Lipinski definition) is 0. The van der Waals surface area contributed by atoms with E-state index in [4.69, 9.17) is 0 Å². The average Bonchev–Trinajstić information content (AvgIpc) is 0. The zero-order chi connectivity index (χ0) is 0. The van der Waals surface area contributed by atoms with E-state index in [2.05, 4.69) is 0 Å². The number of rotatable bonds is 0. The minimum absolute atomic E-state index is 0. The third-order valence-corrected chi connectivity index (χ3v) is 0. The van der Waals surface area contributed by atoms with E-state index in [1.165, 1.54) is 0 Å². The van der Waals surface area contributed by atoms with Gasteiger partial charge in [-0.15, -0.1) is 0 Å². The topological polar surface area (TPSA) is 31.5 Å². The van der Waals surface area contributed by atoms with Crippen LogP contribution in [0.2, 0.25) is 0 Å². The van der Waals surface area contributed by atoms with Gasteiger partial charge >= 0.3 is 45.5 Å². The molecule has 0 rings (SSSR count). The van der Waals surface area contributed by atoms with Crippen LogP contribution >= 0.6 is 0 Å². The van der Waals surface area contributed by atoms with Crippen molar-refractivity contribution >= 4 is 45.5 Å². The Labute approximate surface area is 106 Å². The summed E-state index contributed by atoms with van der Waals surface area (Å²) >= 11 is 0. The first-order valence-electron chi connectivity index (χ1n) is 0. The third kappa shape index (κ3) is 9.01. The van der Waals surface area contributed by atoms with Gasteiger partial charge in [0.15, 0.2) is 0 Å². The first-order valence-corrected chi connectivity index (χ1v) is 0. The van der Waals surface area contributed by atoms with Crippen molar-refractivity contribution in [3.63, 3.8) is 0 Å². The van der Waals surface area contributed by atoms with Crippen LogP contribution in [0.5, 0.6) is 0 Å². The van der Waals surface area contributed by atoms with E-state index < -0.39 is 0 Å². The van der Waals surface area contributed by atoms with Crippen molar-refractivity contribution in [2.75, 3.05) is 0 Å². The Kier molecular flexibility index (Phi) is 108. The molecular formula is H4FeOPrSr. The predicted octanol–water partition coefficient (Wildman–Crippen LogP) is -1.74. The van der Waals surface area contributed by atoms with Crippen molar-refractivity contribution in [2.24, 2.45) is 0 Å². The van der Waals surface area contributed by atoms with Crippen LogP contribution in [0, 0.1) is 41.3 Å². The summed E-state index contributed by atoms with van der Waals surface area (Å²) in [5.41, 5.74) is 0. The summed E-state index contributed by atoms with van der Waals surface area (Å²) in [4.78, 5) is 0. The van der Waals surface area contributed by atoms with Gasteiger partial charge in [0.05, 0.1) is 0 Å². The molecular weight excluding hydrogens is 300 g/mol. The second-order valence-electron chi connectivity index (χ2n) is 0. The molecule has 0 aliphatic heterocycles. The molecule has 0 heterocycles. The fourth-order valence-electron chi connectivity index (χ4n) is 0. The summed E-state index contributed by atoms with van der Waals surface area (Å²) < 4.78 is 0. The van der Waals surface area contributed by atoms with Crippen LogP contribution in [0.4, 0.5) is 0 Å². The molecule has 0 bridgehead atoms. The Balaban J connectivity index is 0. The van der Waals surface area contributed by atoms with Gasteiger partial charge in [0.1, 0.15) is 0 Å². The van der Waals surface area contributed by atoms with Crippen LogP contribution in [-0.2, 0) is 17.1 Å². The Bertz CT molecular complexity index is 8.00. The number of hydrogen-bond donors (Lipinski definition) is 0. The van der Waals surface area contributed by atoms with Gasteiger partial charge in [-0.05, 0) is 0 Å². The second kappa shape index (κ2) is 16.2. The predicted molar refractivity (Wildman–Crippen MR) is 12.2 cm³/mol. The van der Waals surface area contributed by atoms with Gasteiger partial charge in [0, 0.05) is 58.4 Å². The molecule has 0 saturated heterocycles. The zero-order valence-electron chi connectivity index (χ0n) is 1.43. The monoisotopic (exact) mass is 305 g/mol. The molecule has 0 aromatic carbocycles. The van der Waals surface area contributed by atoms with Gasteiger partial charge < -0.3 is 5.48 Å². The van der Waals surface area contributed by atoms with E-state index in [9.17, 15) is 0 Å². The summed E-state index contributed by atoms with van der Waals surface area (Å²) in [6, 6.07) is 0. The van der Waals surface area contributed by atoms with Gasteiger partial charge in [-0.2, -0.15) is 0 Å². The molecule has 0 atom stereocenters. The fourth-order valence-corrected chi connectivity index (χ4v) is 0. The van der Waals surface area contributed by atoms with Crippen LogP contribution in [-0.4, -0.2) is 51.0 Å². The van der Waals surface area contributed by atoms with E-state index in [1.807, 2.05) is 0 Å². The van der Waals surface area contributed by atoms with Gasteiger partial charge in [0.2, 0.25) is 0 Å². The Morgan fingerprint density at radius 2 is 1.00 bits per heavy atom. The molecule has 0 aromatic rings. The third-order valence-electron chi connectivity index (χ3n) is 0. The molecule has 4 heavy (non-hydrogen) atoms. The fraction of sp³-hybridized carbons (Fsp3) is 0. The summed E-state index contributed by atoms with van der Waals surface area (Å²) in [7, 11) is 0. The Hall–Kier alpha value is 3.32. The first kappa shape index (κ1) is 26.5. The van der Waals surface area contributed by atoms with Crippen molar-refractivity contribution in [1.29, 1.82) is 0 Å². The summed E-state index contributed by atoms with van der Waals surface area (Å²) in [5, 5.41) is 0. The maximum atomic E-state index is 0. The average molecular weight is 304 g/mol. The van der Waals surface area contributed by atoms with Crippen LogP contribution in [0.25, 0.3) is 0 Å². The molecule has 4 heteroatoms. The van der Waals surface area contributed by atoms with E-state index in [1.54, 1.807) is 0 Å². The van der Waals surface area contributed by atoms with Crippen LogP contribution in [0.3, 0.4) is 0 Å². The van der Waals surface area contributed by atoms with Gasteiger partial charge in [-0.25, -0.2) is 0 Å². The molecule has 0 aromatic heterocycles. The quantitative estimate of drug-likeness (QED) is 0.476. The summed E-state index contributed by atoms with van der Waals surface area (Å²) in [5.74, 6) is 0. The van der Waals surface area contributed by atoms with E-state index in [-0.39, 0.29) is 109 Å². The zero-order valence-corrected chi connectivity index (χ0v) is 6.24. The SMILES string of the molecule is O.[Fe].[Pr].[SrH2]. The first-order chi connectivity index (χ1) is 0. The maximum absolute atomic E-state index is 0.